The van der Waals surface area contributed by atoms with E-state index in [9.17, 15) is 14.7 Å². The third-order valence-electron chi connectivity index (χ3n) is 9.43. The number of nitrogens with one attached hydrogen (secondary N) is 1. The van der Waals surface area contributed by atoms with E-state index >= 15 is 0 Å². The summed E-state index contributed by atoms with van der Waals surface area (Å²) in [5.41, 5.74) is 11.3. The summed E-state index contributed by atoms with van der Waals surface area (Å²) in [6, 6.07) is 15.6. The summed E-state index contributed by atoms with van der Waals surface area (Å²) >= 11 is 0. The zero-order valence-corrected chi connectivity index (χ0v) is 27.8. The Bertz CT molecular complexity index is 1480. The lowest BCUT2D eigenvalue weighted by Gasteiger charge is -2.32. The van der Waals surface area contributed by atoms with Gasteiger partial charge in [0.1, 0.15) is 11.6 Å². The van der Waals surface area contributed by atoms with Gasteiger partial charge >= 0.3 is 0 Å². The molecule has 1 fully saturated rings. The molecule has 3 aromatic rings. The molecular formula is C39H51N3O4. The van der Waals surface area contributed by atoms with Crippen LogP contribution in [0.15, 0.2) is 60.8 Å². The van der Waals surface area contributed by atoms with Crippen LogP contribution in [-0.4, -0.2) is 42.4 Å². The Balaban J connectivity index is 1.40. The predicted octanol–water partition coefficient (Wildman–Crippen LogP) is 7.27. The second kappa shape index (κ2) is 17.1. The number of carbonyl (C=O) groups excluding carboxylic acids is 2. The van der Waals surface area contributed by atoms with Crippen LogP contribution in [0, 0.1) is 11.3 Å². The quantitative estimate of drug-likeness (QED) is 0.101. The maximum atomic E-state index is 12.9. The first kappa shape index (κ1) is 34.9. The topological polar surface area (TPSA) is 115 Å². The van der Waals surface area contributed by atoms with Crippen molar-refractivity contribution >= 4 is 23.5 Å². The van der Waals surface area contributed by atoms with Gasteiger partial charge in [-0.25, -0.2) is 4.98 Å². The van der Waals surface area contributed by atoms with E-state index in [1.807, 2.05) is 31.3 Å². The van der Waals surface area contributed by atoms with Crippen LogP contribution in [0.1, 0.15) is 92.5 Å². The van der Waals surface area contributed by atoms with Crippen LogP contribution in [0.4, 0.5) is 5.82 Å². The monoisotopic (exact) mass is 625 g/mol. The number of anilines is 1. The molecule has 1 atom stereocenters. The number of rotatable bonds is 18. The average molecular weight is 626 g/mol. The minimum absolute atomic E-state index is 0.00872. The van der Waals surface area contributed by atoms with E-state index in [2.05, 4.69) is 29.4 Å². The summed E-state index contributed by atoms with van der Waals surface area (Å²) in [5, 5.41) is 13.9. The summed E-state index contributed by atoms with van der Waals surface area (Å²) in [7, 11) is 3.50. The van der Waals surface area contributed by atoms with Crippen molar-refractivity contribution in [1.29, 1.82) is 0 Å². The molecular weight excluding hydrogens is 574 g/mol. The van der Waals surface area contributed by atoms with Crippen molar-refractivity contribution < 1.29 is 19.4 Å². The largest absolute Gasteiger partial charge is 0.504 e. The number of carbonyl (C=O) groups is 2. The number of nitrogens with zero attached hydrogens (tertiary/aromatic N) is 1. The number of phenols is 1. The number of ketones is 2. The van der Waals surface area contributed by atoms with Gasteiger partial charge in [-0.1, -0.05) is 56.2 Å². The third-order valence-corrected chi connectivity index (χ3v) is 9.43. The zero-order chi connectivity index (χ0) is 32.9. The van der Waals surface area contributed by atoms with Crippen molar-refractivity contribution in [3.8, 4) is 11.5 Å². The molecule has 1 heterocycles. The summed E-state index contributed by atoms with van der Waals surface area (Å²) in [5.74, 6) is 1.18. The molecule has 4 N–H and O–H groups in total. The van der Waals surface area contributed by atoms with E-state index in [0.717, 1.165) is 54.5 Å². The number of Topliss-reactive ketones (excluding diaryl/α,β-unsaturated/α-hetero) is 1. The molecule has 1 aromatic heterocycles. The standard InChI is InChI=1S/C39H51N3O4/c1-28(26-41-2)25-39(17-7-8-18-39)19-9-12-34(43)24-35(44)16-15-30-22-37(46-3)36(45)21-32(30)20-33-27-42-38(40)23-31(33)14-13-29-10-5-4-6-11-29/h4-6,10-11,15-16,21-23,27-28,41,45H,7-9,12-14,17-20,24-26H2,1-3H3,(H2,40,42)/b16-15+/t28-/m1/s1. The summed E-state index contributed by atoms with van der Waals surface area (Å²) in [6.07, 6.45) is 15.6. The Kier molecular flexibility index (Phi) is 13.0. The molecule has 246 valence electrons. The number of aromatic hydroxyl groups is 1. The number of nitrogens with two attached hydrogens (primary N) is 1. The van der Waals surface area contributed by atoms with E-state index in [-0.39, 0.29) is 23.7 Å². The van der Waals surface area contributed by atoms with E-state index in [4.69, 9.17) is 10.5 Å². The van der Waals surface area contributed by atoms with Gasteiger partial charge in [-0.15, -0.1) is 0 Å². The maximum absolute atomic E-state index is 12.9. The van der Waals surface area contributed by atoms with Crippen LogP contribution in [0.3, 0.4) is 0 Å². The van der Waals surface area contributed by atoms with Crippen LogP contribution in [0.2, 0.25) is 0 Å². The molecule has 0 spiro atoms. The van der Waals surface area contributed by atoms with E-state index in [0.29, 0.717) is 35.7 Å². The van der Waals surface area contributed by atoms with Crippen molar-refractivity contribution in [2.75, 3.05) is 26.4 Å². The molecule has 1 aliphatic rings. The molecule has 2 aromatic carbocycles. The van der Waals surface area contributed by atoms with Gasteiger partial charge in [0.25, 0.3) is 0 Å². The van der Waals surface area contributed by atoms with Gasteiger partial charge in [-0.3, -0.25) is 9.59 Å². The average Bonchev–Trinajstić information content (AvgIpc) is 3.49. The first-order valence-corrected chi connectivity index (χ1v) is 16.7. The number of phenolic OH excluding ortho intramolecular Hbond substituents is 1. The van der Waals surface area contributed by atoms with Crippen molar-refractivity contribution in [2.24, 2.45) is 11.3 Å². The molecule has 0 bridgehead atoms. The Morgan fingerprint density at radius 2 is 1.85 bits per heavy atom. The molecule has 0 saturated heterocycles. The summed E-state index contributed by atoms with van der Waals surface area (Å²) in [4.78, 5) is 30.1. The molecule has 1 saturated carbocycles. The summed E-state index contributed by atoms with van der Waals surface area (Å²) < 4.78 is 5.37. The second-order valence-corrected chi connectivity index (χ2v) is 13.2. The fourth-order valence-corrected chi connectivity index (χ4v) is 7.19. The van der Waals surface area contributed by atoms with E-state index in [1.54, 1.807) is 24.4 Å². The minimum Gasteiger partial charge on any atom is -0.504 e. The normalized spacial score (nSPS) is 14.8. The van der Waals surface area contributed by atoms with Crippen molar-refractivity contribution in [3.63, 3.8) is 0 Å². The number of hydrogen-bond acceptors (Lipinski definition) is 7. The number of benzene rings is 2. The predicted molar refractivity (Wildman–Crippen MR) is 186 cm³/mol. The highest BCUT2D eigenvalue weighted by atomic mass is 16.5. The maximum Gasteiger partial charge on any atom is 0.163 e. The lowest BCUT2D eigenvalue weighted by molar-refractivity contribution is -0.124. The summed E-state index contributed by atoms with van der Waals surface area (Å²) in [6.45, 7) is 3.32. The second-order valence-electron chi connectivity index (χ2n) is 13.2. The number of ether oxygens (including phenoxy) is 1. The number of methoxy groups -OCH3 is 1. The van der Waals surface area contributed by atoms with Gasteiger partial charge in [0.15, 0.2) is 17.3 Å². The van der Waals surface area contributed by atoms with Gasteiger partial charge in [-0.05, 0) is 128 Å². The Labute approximate surface area is 274 Å². The highest BCUT2D eigenvalue weighted by Crippen LogP contribution is 2.47. The first-order valence-electron chi connectivity index (χ1n) is 16.7. The number of nitrogen functional groups attached to an aromatic ring is 1. The fraction of sp³-hybridized carbons (Fsp3) is 0.462. The van der Waals surface area contributed by atoms with Gasteiger partial charge in [0, 0.05) is 12.6 Å². The van der Waals surface area contributed by atoms with Gasteiger partial charge < -0.3 is 20.9 Å². The number of hydrogen-bond donors (Lipinski definition) is 3. The number of allylic oxidation sites excluding steroid dienone is 1. The molecule has 7 nitrogen and oxygen atoms in total. The van der Waals surface area contributed by atoms with Gasteiger partial charge in [0.05, 0.1) is 13.5 Å². The van der Waals surface area contributed by atoms with Crippen molar-refractivity contribution in [2.45, 2.75) is 84.0 Å². The van der Waals surface area contributed by atoms with E-state index in [1.165, 1.54) is 50.9 Å². The fourth-order valence-electron chi connectivity index (χ4n) is 7.19. The molecule has 0 radical (unpaired) electrons. The SMILES string of the molecule is CNC[C@H](C)CC1(CCCC(=O)CC(=O)/C=C/c2cc(OC)c(O)cc2Cc2cnc(N)cc2CCc2ccccc2)CCCC1. The molecule has 0 unspecified atom stereocenters. The van der Waals surface area contributed by atoms with Crippen LogP contribution in [-0.2, 0) is 28.9 Å². The highest BCUT2D eigenvalue weighted by Gasteiger charge is 2.34. The Morgan fingerprint density at radius 3 is 2.57 bits per heavy atom. The Morgan fingerprint density at radius 1 is 1.09 bits per heavy atom. The van der Waals surface area contributed by atoms with Crippen LogP contribution < -0.4 is 15.8 Å². The Hall–Kier alpha value is -3.97. The molecule has 0 aliphatic heterocycles. The number of pyridine rings is 1. The van der Waals surface area contributed by atoms with Crippen LogP contribution in [0.25, 0.3) is 6.08 Å². The number of aryl methyl sites for hydroxylation is 2. The van der Waals surface area contributed by atoms with Crippen LogP contribution >= 0.6 is 0 Å². The first-order chi connectivity index (χ1) is 22.2. The highest BCUT2D eigenvalue weighted by molar-refractivity contribution is 6.06. The number of aromatic nitrogens is 1. The smallest absolute Gasteiger partial charge is 0.163 e. The lowest BCUT2D eigenvalue weighted by atomic mass is 9.74. The zero-order valence-electron chi connectivity index (χ0n) is 27.8. The van der Waals surface area contributed by atoms with Gasteiger partial charge in [-0.2, -0.15) is 0 Å². The molecule has 7 heteroatoms. The minimum atomic E-state index is -0.223. The van der Waals surface area contributed by atoms with Crippen molar-refractivity contribution in [1.82, 2.24) is 10.3 Å². The molecule has 0 amide bonds. The molecule has 4 rings (SSSR count). The van der Waals surface area contributed by atoms with E-state index < -0.39 is 0 Å². The third kappa shape index (κ3) is 10.3. The van der Waals surface area contributed by atoms with Crippen LogP contribution in [0.5, 0.6) is 11.5 Å². The van der Waals surface area contributed by atoms with Crippen molar-refractivity contribution in [3.05, 3.63) is 88.6 Å². The van der Waals surface area contributed by atoms with Gasteiger partial charge in [0.2, 0.25) is 0 Å². The molecule has 46 heavy (non-hydrogen) atoms. The lowest BCUT2D eigenvalue weighted by Crippen LogP contribution is -2.25. The molecule has 1 aliphatic carbocycles.